The minimum Gasteiger partial charge on any atom is -0.480 e. The van der Waals surface area contributed by atoms with Gasteiger partial charge in [-0.2, -0.15) is 0 Å². The van der Waals surface area contributed by atoms with E-state index in [1.807, 2.05) is 31.1 Å². The first-order valence-electron chi connectivity index (χ1n) is 7.97. The van der Waals surface area contributed by atoms with Crippen LogP contribution in [-0.2, 0) is 16.1 Å². The van der Waals surface area contributed by atoms with Crippen LogP contribution < -0.4 is 0 Å². The molecule has 1 aromatic rings. The summed E-state index contributed by atoms with van der Waals surface area (Å²) in [4.78, 5) is 30.0. The van der Waals surface area contributed by atoms with E-state index in [9.17, 15) is 9.59 Å². The highest BCUT2D eigenvalue weighted by Gasteiger charge is 2.25. The molecule has 142 valence electrons. The molecule has 0 radical (unpaired) electrons. The minimum atomic E-state index is -0.801. The number of likely N-dealkylation sites (tertiary alicyclic amines) is 1. The molecule has 1 aromatic heterocycles. The predicted octanol–water partition coefficient (Wildman–Crippen LogP) is 2.26. The maximum absolute atomic E-state index is 12.4. The van der Waals surface area contributed by atoms with Crippen LogP contribution in [0, 0.1) is 0 Å². The van der Waals surface area contributed by atoms with Crippen LogP contribution in [-0.4, -0.2) is 78.0 Å². The van der Waals surface area contributed by atoms with E-state index < -0.39 is 5.97 Å². The van der Waals surface area contributed by atoms with Crippen LogP contribution in [0.4, 0.5) is 0 Å². The summed E-state index contributed by atoms with van der Waals surface area (Å²) in [5.74, 6) is -0.706. The van der Waals surface area contributed by atoms with Crippen LogP contribution in [0.25, 0.3) is 0 Å². The monoisotopic (exact) mass is 409 g/mol. The molecule has 0 spiro atoms. The number of hydrogen-bond donors (Lipinski definition) is 1. The molecule has 0 bridgehead atoms. The lowest BCUT2D eigenvalue weighted by Crippen LogP contribution is -2.47. The van der Waals surface area contributed by atoms with Crippen molar-refractivity contribution in [1.82, 2.24) is 14.7 Å². The number of thiophene rings is 1. The Balaban J connectivity index is 0.00000312. The van der Waals surface area contributed by atoms with E-state index in [1.54, 1.807) is 4.90 Å². The molecule has 1 aliphatic heterocycles. The van der Waals surface area contributed by atoms with E-state index in [-0.39, 0.29) is 30.9 Å². The summed E-state index contributed by atoms with van der Waals surface area (Å²) < 4.78 is 0.735. The van der Waals surface area contributed by atoms with Crippen molar-refractivity contribution in [3.63, 3.8) is 0 Å². The Morgan fingerprint density at radius 2 is 1.96 bits per heavy atom. The molecule has 0 aliphatic carbocycles. The predicted molar refractivity (Wildman–Crippen MR) is 103 cm³/mol. The number of halogens is 2. The van der Waals surface area contributed by atoms with E-state index >= 15 is 0 Å². The Bertz CT molecular complexity index is 577. The largest absolute Gasteiger partial charge is 0.480 e. The van der Waals surface area contributed by atoms with Gasteiger partial charge in [0.15, 0.2) is 0 Å². The van der Waals surface area contributed by atoms with Gasteiger partial charge in [-0.1, -0.05) is 11.6 Å². The molecule has 1 fully saturated rings. The van der Waals surface area contributed by atoms with Crippen LogP contribution in [0.3, 0.4) is 0 Å². The van der Waals surface area contributed by atoms with Gasteiger partial charge in [-0.25, -0.2) is 0 Å². The van der Waals surface area contributed by atoms with Gasteiger partial charge in [0.2, 0.25) is 5.91 Å². The third kappa shape index (κ3) is 7.11. The second kappa shape index (κ2) is 10.3. The van der Waals surface area contributed by atoms with Gasteiger partial charge in [-0.3, -0.25) is 19.4 Å². The molecule has 0 saturated carbocycles. The highest BCUT2D eigenvalue weighted by atomic mass is 35.5. The summed E-state index contributed by atoms with van der Waals surface area (Å²) in [6.07, 6.45) is 1.78. The minimum absolute atomic E-state index is 0. The fourth-order valence-corrected chi connectivity index (χ4v) is 4.07. The Labute approximate surface area is 163 Å². The topological polar surface area (TPSA) is 64.1 Å². The van der Waals surface area contributed by atoms with Crippen molar-refractivity contribution < 1.29 is 14.7 Å². The van der Waals surface area contributed by atoms with Crippen molar-refractivity contribution in [3.8, 4) is 0 Å². The maximum atomic E-state index is 12.4. The number of aliphatic carboxylic acids is 1. The van der Waals surface area contributed by atoms with E-state index in [1.165, 1.54) is 11.3 Å². The average molecular weight is 410 g/mol. The molecule has 2 rings (SSSR count). The first-order valence-corrected chi connectivity index (χ1v) is 9.17. The Morgan fingerprint density at radius 1 is 1.32 bits per heavy atom. The van der Waals surface area contributed by atoms with E-state index in [0.29, 0.717) is 13.1 Å². The third-order valence-corrected chi connectivity index (χ3v) is 5.59. The summed E-state index contributed by atoms with van der Waals surface area (Å²) in [7, 11) is 3.66. The van der Waals surface area contributed by atoms with E-state index in [2.05, 4.69) is 4.90 Å². The van der Waals surface area contributed by atoms with Gasteiger partial charge in [-0.05, 0) is 32.0 Å². The number of rotatable bonds is 7. The van der Waals surface area contributed by atoms with Crippen molar-refractivity contribution in [1.29, 1.82) is 0 Å². The third-order valence-electron chi connectivity index (χ3n) is 4.37. The zero-order valence-electron chi connectivity index (χ0n) is 14.5. The van der Waals surface area contributed by atoms with Gasteiger partial charge >= 0.3 is 5.97 Å². The van der Waals surface area contributed by atoms with Crippen molar-refractivity contribution in [2.75, 3.05) is 40.3 Å². The first kappa shape index (κ1) is 22.2. The Morgan fingerprint density at radius 3 is 2.48 bits per heavy atom. The standard InChI is InChI=1S/C16H24ClN3O3S.ClH/c1-18(11-16(22)23)12-5-7-20(8-6-12)10-15(21)19(2)9-13-3-4-14(17)24-13;/h3-4,12H,5-11H2,1-2H3,(H,22,23);1H. The molecule has 25 heavy (non-hydrogen) atoms. The SMILES string of the molecule is CN(Cc1ccc(Cl)s1)C(=O)CN1CCC(N(C)CC(=O)O)CC1.Cl. The number of carbonyl (C=O) groups is 2. The zero-order valence-corrected chi connectivity index (χ0v) is 16.9. The number of carboxylic acids is 1. The van der Waals surface area contributed by atoms with Gasteiger partial charge in [0.25, 0.3) is 0 Å². The number of carbonyl (C=O) groups excluding carboxylic acids is 1. The molecule has 6 nitrogen and oxygen atoms in total. The summed E-state index contributed by atoms with van der Waals surface area (Å²) in [6, 6.07) is 4.07. The van der Waals surface area contributed by atoms with Gasteiger partial charge in [-0.15, -0.1) is 23.7 Å². The molecule has 1 saturated heterocycles. The van der Waals surface area contributed by atoms with Gasteiger partial charge in [0.1, 0.15) is 0 Å². The second-order valence-corrected chi connectivity index (χ2v) is 8.07. The number of likely N-dealkylation sites (N-methyl/N-ethyl adjacent to an activating group) is 2. The van der Waals surface area contributed by atoms with E-state index in [4.69, 9.17) is 16.7 Å². The fraction of sp³-hybridized carbons (Fsp3) is 0.625. The van der Waals surface area contributed by atoms with Crippen LogP contribution >= 0.6 is 35.3 Å². The fourth-order valence-electron chi connectivity index (χ4n) is 2.93. The Kier molecular flexibility index (Phi) is 9.16. The van der Waals surface area contributed by atoms with Gasteiger partial charge in [0.05, 0.1) is 24.0 Å². The molecule has 2 heterocycles. The molecule has 9 heteroatoms. The van der Waals surface area contributed by atoms with Crippen molar-refractivity contribution in [3.05, 3.63) is 21.3 Å². The molecule has 1 N–H and O–H groups in total. The molecule has 1 amide bonds. The summed E-state index contributed by atoms with van der Waals surface area (Å²) in [6.45, 7) is 2.69. The molecular formula is C16H25Cl2N3O3S. The molecular weight excluding hydrogens is 385 g/mol. The van der Waals surface area contributed by atoms with Crippen LogP contribution in [0.1, 0.15) is 17.7 Å². The van der Waals surface area contributed by atoms with Gasteiger partial charge in [0, 0.05) is 31.1 Å². The number of nitrogens with zero attached hydrogens (tertiary/aromatic N) is 3. The number of piperidine rings is 1. The average Bonchev–Trinajstić information content (AvgIpc) is 2.92. The second-order valence-electron chi connectivity index (χ2n) is 6.27. The van der Waals surface area contributed by atoms with Crippen LogP contribution in [0.5, 0.6) is 0 Å². The molecule has 0 aromatic carbocycles. The van der Waals surface area contributed by atoms with Crippen molar-refractivity contribution >= 4 is 47.2 Å². The number of carboxylic acid groups (broad SMARTS) is 1. The lowest BCUT2D eigenvalue weighted by molar-refractivity contribution is -0.138. The van der Waals surface area contributed by atoms with Crippen molar-refractivity contribution in [2.24, 2.45) is 0 Å². The Hall–Kier alpha value is -0.860. The maximum Gasteiger partial charge on any atom is 0.317 e. The first-order chi connectivity index (χ1) is 11.3. The summed E-state index contributed by atoms with van der Waals surface area (Å²) in [5.41, 5.74) is 0. The zero-order chi connectivity index (χ0) is 17.7. The lowest BCUT2D eigenvalue weighted by Gasteiger charge is -2.36. The van der Waals surface area contributed by atoms with Gasteiger partial charge < -0.3 is 10.0 Å². The lowest BCUT2D eigenvalue weighted by atomic mass is 10.0. The molecule has 0 atom stereocenters. The highest BCUT2D eigenvalue weighted by molar-refractivity contribution is 7.16. The van der Waals surface area contributed by atoms with Crippen molar-refractivity contribution in [2.45, 2.75) is 25.4 Å². The number of hydrogen-bond acceptors (Lipinski definition) is 5. The number of amides is 1. The summed E-state index contributed by atoms with van der Waals surface area (Å²) in [5, 5.41) is 8.86. The quantitative estimate of drug-likeness (QED) is 0.747. The molecule has 0 unspecified atom stereocenters. The highest BCUT2D eigenvalue weighted by Crippen LogP contribution is 2.22. The van der Waals surface area contributed by atoms with Crippen LogP contribution in [0.2, 0.25) is 4.34 Å². The summed E-state index contributed by atoms with van der Waals surface area (Å²) >= 11 is 7.41. The van der Waals surface area contributed by atoms with E-state index in [0.717, 1.165) is 35.1 Å². The normalized spacial score (nSPS) is 15.8. The smallest absolute Gasteiger partial charge is 0.317 e. The molecule has 1 aliphatic rings. The van der Waals surface area contributed by atoms with Crippen LogP contribution in [0.15, 0.2) is 12.1 Å².